The van der Waals surface area contributed by atoms with Gasteiger partial charge in [0.05, 0.1) is 0 Å². The average Bonchev–Trinajstić information content (AvgIpc) is 2.09. The Bertz CT molecular complexity index is 348. The summed E-state index contributed by atoms with van der Waals surface area (Å²) in [6.45, 7) is 0. The van der Waals surface area contributed by atoms with Gasteiger partial charge in [0, 0.05) is 11.4 Å². The number of rotatable bonds is 2. The van der Waals surface area contributed by atoms with E-state index in [1.807, 2.05) is 12.1 Å². The molecule has 0 atom stereocenters. The lowest BCUT2D eigenvalue weighted by Gasteiger charge is -1.98. The van der Waals surface area contributed by atoms with Crippen molar-refractivity contribution in [1.82, 2.24) is 0 Å². The minimum absolute atomic E-state index is 0.310. The Morgan fingerprint density at radius 3 is 2.62 bits per heavy atom. The SMILES string of the molecule is N#CN=C(N)Cc1ccc(Cl)cc1. The maximum atomic E-state index is 8.22. The van der Waals surface area contributed by atoms with Crippen LogP contribution in [0.2, 0.25) is 5.02 Å². The van der Waals surface area contributed by atoms with Crippen LogP contribution in [-0.2, 0) is 6.42 Å². The molecule has 13 heavy (non-hydrogen) atoms. The van der Waals surface area contributed by atoms with Crippen LogP contribution in [0.1, 0.15) is 5.56 Å². The molecule has 0 aliphatic rings. The quantitative estimate of drug-likeness (QED) is 0.442. The molecule has 0 aromatic heterocycles. The lowest BCUT2D eigenvalue weighted by molar-refractivity contribution is 1.27. The Hall–Kier alpha value is -1.53. The smallest absolute Gasteiger partial charge is 0.207 e. The number of amidine groups is 1. The minimum atomic E-state index is 0.310. The third-order valence-corrected chi connectivity index (χ3v) is 1.74. The summed E-state index contributed by atoms with van der Waals surface area (Å²) in [5, 5.41) is 8.90. The van der Waals surface area contributed by atoms with Crippen LogP contribution < -0.4 is 5.73 Å². The highest BCUT2D eigenvalue weighted by Crippen LogP contribution is 2.09. The van der Waals surface area contributed by atoms with Crippen LogP contribution in [0, 0.1) is 11.5 Å². The number of hydrogen-bond donors (Lipinski definition) is 1. The molecule has 0 saturated carbocycles. The first-order valence-corrected chi connectivity index (χ1v) is 4.05. The second-order valence-electron chi connectivity index (χ2n) is 2.51. The van der Waals surface area contributed by atoms with Crippen molar-refractivity contribution >= 4 is 17.4 Å². The molecule has 0 saturated heterocycles. The summed E-state index contributed by atoms with van der Waals surface area (Å²) in [4.78, 5) is 3.41. The van der Waals surface area contributed by atoms with Crippen molar-refractivity contribution in [1.29, 1.82) is 5.26 Å². The molecule has 0 fully saturated rings. The number of nitriles is 1. The van der Waals surface area contributed by atoms with Crippen LogP contribution in [0.4, 0.5) is 0 Å². The lowest BCUT2D eigenvalue weighted by Crippen LogP contribution is -2.14. The van der Waals surface area contributed by atoms with Gasteiger partial charge in [-0.25, -0.2) is 0 Å². The van der Waals surface area contributed by atoms with E-state index in [0.717, 1.165) is 5.56 Å². The predicted molar refractivity (Wildman–Crippen MR) is 52.4 cm³/mol. The number of benzene rings is 1. The van der Waals surface area contributed by atoms with E-state index in [-0.39, 0.29) is 0 Å². The fraction of sp³-hybridized carbons (Fsp3) is 0.111. The van der Waals surface area contributed by atoms with Crippen LogP contribution in [-0.4, -0.2) is 5.84 Å². The van der Waals surface area contributed by atoms with Gasteiger partial charge < -0.3 is 5.73 Å². The largest absolute Gasteiger partial charge is 0.386 e. The Morgan fingerprint density at radius 1 is 1.46 bits per heavy atom. The number of aliphatic imine (C=N–C) groups is 1. The molecule has 0 bridgehead atoms. The summed E-state index contributed by atoms with van der Waals surface area (Å²) in [5.41, 5.74) is 6.44. The molecular weight excluding hydrogens is 186 g/mol. The zero-order chi connectivity index (χ0) is 9.68. The number of nitrogens with zero attached hydrogens (tertiary/aromatic N) is 2. The van der Waals surface area contributed by atoms with E-state index >= 15 is 0 Å². The minimum Gasteiger partial charge on any atom is -0.386 e. The fourth-order valence-corrected chi connectivity index (χ4v) is 1.04. The molecule has 0 amide bonds. The molecule has 0 radical (unpaired) electrons. The maximum Gasteiger partial charge on any atom is 0.207 e. The highest BCUT2D eigenvalue weighted by atomic mass is 35.5. The van der Waals surface area contributed by atoms with Crippen LogP contribution in [0.25, 0.3) is 0 Å². The van der Waals surface area contributed by atoms with E-state index in [0.29, 0.717) is 17.3 Å². The van der Waals surface area contributed by atoms with Crippen LogP contribution in [0.3, 0.4) is 0 Å². The van der Waals surface area contributed by atoms with Crippen molar-refractivity contribution in [3.05, 3.63) is 34.9 Å². The molecule has 0 heterocycles. The lowest BCUT2D eigenvalue weighted by atomic mass is 10.1. The Balaban J connectivity index is 2.71. The van der Waals surface area contributed by atoms with Gasteiger partial charge in [-0.2, -0.15) is 10.3 Å². The van der Waals surface area contributed by atoms with Gasteiger partial charge in [0.15, 0.2) is 0 Å². The summed E-state index contributed by atoms with van der Waals surface area (Å²) in [7, 11) is 0. The Labute approximate surface area is 81.5 Å². The summed E-state index contributed by atoms with van der Waals surface area (Å²) in [5.74, 6) is 0.310. The highest BCUT2D eigenvalue weighted by Gasteiger charge is 1.96. The Morgan fingerprint density at radius 2 is 2.08 bits per heavy atom. The fourth-order valence-electron chi connectivity index (χ4n) is 0.915. The molecule has 1 aromatic rings. The number of halogens is 1. The van der Waals surface area contributed by atoms with Crippen molar-refractivity contribution in [2.75, 3.05) is 0 Å². The van der Waals surface area contributed by atoms with E-state index in [4.69, 9.17) is 22.6 Å². The van der Waals surface area contributed by atoms with Crippen molar-refractivity contribution in [2.45, 2.75) is 6.42 Å². The van der Waals surface area contributed by atoms with Gasteiger partial charge in [-0.05, 0) is 17.7 Å². The predicted octanol–water partition coefficient (Wildman–Crippen LogP) is 1.72. The normalized spacial score (nSPS) is 10.9. The molecule has 4 heteroatoms. The third kappa shape index (κ3) is 3.14. The van der Waals surface area contributed by atoms with E-state index in [2.05, 4.69) is 4.99 Å². The van der Waals surface area contributed by atoms with E-state index in [1.165, 1.54) is 0 Å². The van der Waals surface area contributed by atoms with Gasteiger partial charge in [-0.1, -0.05) is 23.7 Å². The van der Waals surface area contributed by atoms with Gasteiger partial charge in [0.1, 0.15) is 5.84 Å². The van der Waals surface area contributed by atoms with Gasteiger partial charge in [-0.3, -0.25) is 0 Å². The molecule has 3 nitrogen and oxygen atoms in total. The van der Waals surface area contributed by atoms with Gasteiger partial charge >= 0.3 is 0 Å². The second-order valence-corrected chi connectivity index (χ2v) is 2.94. The van der Waals surface area contributed by atoms with Gasteiger partial charge in [-0.15, -0.1) is 0 Å². The highest BCUT2D eigenvalue weighted by molar-refractivity contribution is 6.30. The summed E-state index contributed by atoms with van der Waals surface area (Å²) in [6, 6.07) is 7.25. The monoisotopic (exact) mass is 193 g/mol. The first kappa shape index (κ1) is 9.56. The molecule has 0 aliphatic heterocycles. The van der Waals surface area contributed by atoms with Crippen LogP contribution in [0.5, 0.6) is 0 Å². The summed E-state index contributed by atoms with van der Waals surface area (Å²) < 4.78 is 0. The molecule has 1 aromatic carbocycles. The number of hydrogen-bond acceptors (Lipinski definition) is 2. The van der Waals surface area contributed by atoms with E-state index < -0.39 is 0 Å². The van der Waals surface area contributed by atoms with Gasteiger partial charge in [0.2, 0.25) is 6.19 Å². The Kier molecular flexibility index (Phi) is 3.30. The first-order chi connectivity index (χ1) is 6.22. The molecule has 2 N–H and O–H groups in total. The third-order valence-electron chi connectivity index (χ3n) is 1.49. The number of nitrogens with two attached hydrogens (primary N) is 1. The van der Waals surface area contributed by atoms with Crippen molar-refractivity contribution in [3.8, 4) is 6.19 Å². The molecule has 0 unspecified atom stereocenters. The maximum absolute atomic E-state index is 8.22. The van der Waals surface area contributed by atoms with Crippen LogP contribution >= 0.6 is 11.6 Å². The van der Waals surface area contributed by atoms with Crippen LogP contribution in [0.15, 0.2) is 29.3 Å². The standard InChI is InChI=1S/C9H8ClN3/c10-8-3-1-7(2-4-8)5-9(12)13-6-11/h1-4H,5H2,(H2,12,13). The zero-order valence-electron chi connectivity index (χ0n) is 6.87. The molecule has 0 aliphatic carbocycles. The van der Waals surface area contributed by atoms with Gasteiger partial charge in [0.25, 0.3) is 0 Å². The average molecular weight is 194 g/mol. The van der Waals surface area contributed by atoms with Crippen molar-refractivity contribution < 1.29 is 0 Å². The zero-order valence-corrected chi connectivity index (χ0v) is 7.62. The molecule has 1 rings (SSSR count). The summed E-state index contributed by atoms with van der Waals surface area (Å²) in [6.07, 6.45) is 2.11. The first-order valence-electron chi connectivity index (χ1n) is 3.68. The van der Waals surface area contributed by atoms with Crippen molar-refractivity contribution in [3.63, 3.8) is 0 Å². The van der Waals surface area contributed by atoms with E-state index in [9.17, 15) is 0 Å². The van der Waals surface area contributed by atoms with E-state index in [1.54, 1.807) is 18.3 Å². The molecular formula is C9H8ClN3. The molecule has 0 spiro atoms. The topological polar surface area (TPSA) is 62.2 Å². The molecule has 66 valence electrons. The van der Waals surface area contributed by atoms with Crippen molar-refractivity contribution in [2.24, 2.45) is 10.7 Å². The summed E-state index contributed by atoms with van der Waals surface area (Å²) >= 11 is 5.70. The second kappa shape index (κ2) is 4.48.